The molecule has 4 aromatic rings. The Morgan fingerprint density at radius 1 is 1.23 bits per heavy atom. The fourth-order valence-corrected chi connectivity index (χ4v) is 3.60. The molecule has 0 spiro atoms. The molecular formula is C19H13FN6O3S. The van der Waals surface area contributed by atoms with E-state index in [1.165, 1.54) is 59.0 Å². The van der Waals surface area contributed by atoms with Gasteiger partial charge in [0, 0.05) is 29.1 Å². The number of aromatic nitrogens is 4. The van der Waals surface area contributed by atoms with Crippen LogP contribution in [0.1, 0.15) is 20.8 Å². The number of nitro groups is 1. The summed E-state index contributed by atoms with van der Waals surface area (Å²) in [7, 11) is 0. The molecule has 9 nitrogen and oxygen atoms in total. The van der Waals surface area contributed by atoms with Gasteiger partial charge in [0.15, 0.2) is 5.13 Å². The average molecular weight is 424 g/mol. The van der Waals surface area contributed by atoms with E-state index < -0.39 is 10.8 Å². The van der Waals surface area contributed by atoms with Gasteiger partial charge in [-0.25, -0.2) is 19.0 Å². The molecule has 4 rings (SSSR count). The van der Waals surface area contributed by atoms with Crippen LogP contribution in [0.25, 0.3) is 5.69 Å². The number of carbonyl (C=O) groups excluding carboxylic acids is 1. The Kier molecular flexibility index (Phi) is 5.26. The van der Waals surface area contributed by atoms with Crippen LogP contribution in [0.5, 0.6) is 0 Å². The van der Waals surface area contributed by atoms with Gasteiger partial charge in [0.2, 0.25) is 0 Å². The van der Waals surface area contributed by atoms with Crippen LogP contribution < -0.4 is 5.32 Å². The Bertz CT molecular complexity index is 1210. The lowest BCUT2D eigenvalue weighted by atomic mass is 10.1. The Balaban J connectivity index is 1.50. The maximum Gasteiger partial charge on any atom is 0.295 e. The minimum atomic E-state index is -0.585. The van der Waals surface area contributed by atoms with Gasteiger partial charge in [-0.1, -0.05) is 12.1 Å². The number of nitro benzene ring substituents is 1. The second kappa shape index (κ2) is 8.17. The Hall–Kier alpha value is -3.99. The van der Waals surface area contributed by atoms with E-state index >= 15 is 0 Å². The third-order valence-electron chi connectivity index (χ3n) is 4.17. The summed E-state index contributed by atoms with van der Waals surface area (Å²) in [5.74, 6) is -0.828. The molecule has 0 aliphatic rings. The number of rotatable bonds is 6. The lowest BCUT2D eigenvalue weighted by Crippen LogP contribution is -2.12. The Labute approximate surface area is 173 Å². The minimum absolute atomic E-state index is 0.112. The molecule has 2 aromatic heterocycles. The molecule has 0 bridgehead atoms. The van der Waals surface area contributed by atoms with E-state index in [1.54, 1.807) is 18.3 Å². The third-order valence-corrected chi connectivity index (χ3v) is 5.08. The van der Waals surface area contributed by atoms with E-state index in [4.69, 9.17) is 0 Å². The normalized spacial score (nSPS) is 10.7. The van der Waals surface area contributed by atoms with Crippen LogP contribution in [0.4, 0.5) is 15.2 Å². The van der Waals surface area contributed by atoms with Crippen LogP contribution in [0, 0.1) is 15.9 Å². The van der Waals surface area contributed by atoms with Crippen LogP contribution in [-0.4, -0.2) is 30.6 Å². The van der Waals surface area contributed by atoms with Crippen LogP contribution in [0.2, 0.25) is 0 Å². The molecule has 11 heteroatoms. The zero-order valence-electron chi connectivity index (χ0n) is 15.2. The SMILES string of the molecule is O=C(Nc1ncc(Cc2ccc(F)cc2)s1)c1ccc(-n2cncn2)c([N+](=O)[O-])c1. The highest BCUT2D eigenvalue weighted by Crippen LogP contribution is 2.25. The first kappa shape index (κ1) is 19.3. The number of hydrogen-bond donors (Lipinski definition) is 1. The summed E-state index contributed by atoms with van der Waals surface area (Å²) >= 11 is 1.27. The van der Waals surface area contributed by atoms with Gasteiger partial charge in [-0.2, -0.15) is 5.10 Å². The maximum atomic E-state index is 13.0. The number of anilines is 1. The van der Waals surface area contributed by atoms with Crippen molar-refractivity contribution in [1.82, 2.24) is 19.7 Å². The van der Waals surface area contributed by atoms with Crippen molar-refractivity contribution in [1.29, 1.82) is 0 Å². The maximum absolute atomic E-state index is 13.0. The van der Waals surface area contributed by atoms with Crippen LogP contribution in [0.15, 0.2) is 61.3 Å². The predicted molar refractivity (Wildman–Crippen MR) is 107 cm³/mol. The molecule has 2 heterocycles. The number of amides is 1. The van der Waals surface area contributed by atoms with Gasteiger partial charge in [0.1, 0.15) is 24.2 Å². The van der Waals surface area contributed by atoms with Gasteiger partial charge in [-0.3, -0.25) is 20.2 Å². The molecule has 30 heavy (non-hydrogen) atoms. The van der Waals surface area contributed by atoms with E-state index in [0.29, 0.717) is 11.6 Å². The lowest BCUT2D eigenvalue weighted by molar-refractivity contribution is -0.384. The molecule has 0 unspecified atom stereocenters. The van der Waals surface area contributed by atoms with E-state index in [2.05, 4.69) is 20.4 Å². The topological polar surface area (TPSA) is 116 Å². The fourth-order valence-electron chi connectivity index (χ4n) is 2.76. The van der Waals surface area contributed by atoms with Gasteiger partial charge in [-0.15, -0.1) is 11.3 Å². The number of nitrogens with zero attached hydrogens (tertiary/aromatic N) is 5. The van der Waals surface area contributed by atoms with Crippen LogP contribution >= 0.6 is 11.3 Å². The molecule has 0 aliphatic carbocycles. The zero-order chi connectivity index (χ0) is 21.1. The minimum Gasteiger partial charge on any atom is -0.298 e. The highest BCUT2D eigenvalue weighted by Gasteiger charge is 2.20. The standard InChI is InChI=1S/C19H13FN6O3S/c20-14-4-1-12(2-5-14)7-15-9-22-19(30-15)24-18(27)13-3-6-16(17(8-13)26(28)29)25-11-21-10-23-25/h1-6,8-11H,7H2,(H,22,24,27). The highest BCUT2D eigenvalue weighted by atomic mass is 32.1. The lowest BCUT2D eigenvalue weighted by Gasteiger charge is -2.05. The summed E-state index contributed by atoms with van der Waals surface area (Å²) in [6.07, 6.45) is 4.77. The molecule has 1 N–H and O–H groups in total. The first-order valence-electron chi connectivity index (χ1n) is 8.63. The van der Waals surface area contributed by atoms with Crippen molar-refractivity contribution >= 4 is 28.1 Å². The summed E-state index contributed by atoms with van der Waals surface area (Å²) in [4.78, 5) is 32.2. The van der Waals surface area contributed by atoms with E-state index in [1.807, 2.05) is 0 Å². The predicted octanol–water partition coefficient (Wildman–Crippen LogP) is 3.61. The molecular weight excluding hydrogens is 411 g/mol. The summed E-state index contributed by atoms with van der Waals surface area (Å²) in [5, 5.41) is 18.3. The van der Waals surface area contributed by atoms with Crippen molar-refractivity contribution in [3.63, 3.8) is 0 Å². The molecule has 1 amide bonds. The second-order valence-electron chi connectivity index (χ2n) is 6.19. The zero-order valence-corrected chi connectivity index (χ0v) is 16.0. The van der Waals surface area contributed by atoms with Crippen molar-refractivity contribution in [2.75, 3.05) is 5.32 Å². The summed E-state index contributed by atoms with van der Waals surface area (Å²) < 4.78 is 14.3. The van der Waals surface area contributed by atoms with E-state index in [9.17, 15) is 19.3 Å². The average Bonchev–Trinajstić information content (AvgIpc) is 3.41. The van der Waals surface area contributed by atoms with Crippen molar-refractivity contribution < 1.29 is 14.1 Å². The van der Waals surface area contributed by atoms with Crippen LogP contribution in [-0.2, 0) is 6.42 Å². The van der Waals surface area contributed by atoms with Crippen molar-refractivity contribution in [2.24, 2.45) is 0 Å². The third kappa shape index (κ3) is 4.20. The quantitative estimate of drug-likeness (QED) is 0.373. The molecule has 2 aromatic carbocycles. The van der Waals surface area contributed by atoms with Gasteiger partial charge >= 0.3 is 0 Å². The summed E-state index contributed by atoms with van der Waals surface area (Å²) in [6, 6.07) is 10.2. The largest absolute Gasteiger partial charge is 0.298 e. The number of hydrogen-bond acceptors (Lipinski definition) is 7. The summed E-state index contributed by atoms with van der Waals surface area (Å²) in [5.41, 5.74) is 0.951. The van der Waals surface area contributed by atoms with Gasteiger partial charge in [0.05, 0.1) is 4.92 Å². The van der Waals surface area contributed by atoms with Crippen molar-refractivity contribution in [2.45, 2.75) is 6.42 Å². The van der Waals surface area contributed by atoms with E-state index in [-0.39, 0.29) is 22.8 Å². The smallest absolute Gasteiger partial charge is 0.295 e. The highest BCUT2D eigenvalue weighted by molar-refractivity contribution is 7.15. The molecule has 0 radical (unpaired) electrons. The fraction of sp³-hybridized carbons (Fsp3) is 0.0526. The Morgan fingerprint density at radius 3 is 2.73 bits per heavy atom. The molecule has 0 aliphatic heterocycles. The number of carbonyl (C=O) groups is 1. The van der Waals surface area contributed by atoms with Gasteiger partial charge in [-0.05, 0) is 29.8 Å². The number of halogens is 1. The monoisotopic (exact) mass is 424 g/mol. The number of nitrogens with one attached hydrogen (secondary N) is 1. The number of thiazole rings is 1. The van der Waals surface area contributed by atoms with Gasteiger partial charge in [0.25, 0.3) is 11.6 Å². The molecule has 0 atom stereocenters. The second-order valence-corrected chi connectivity index (χ2v) is 7.30. The van der Waals surface area contributed by atoms with E-state index in [0.717, 1.165) is 10.4 Å². The number of benzene rings is 2. The molecule has 0 fully saturated rings. The first-order chi connectivity index (χ1) is 14.5. The Morgan fingerprint density at radius 2 is 2.03 bits per heavy atom. The van der Waals surface area contributed by atoms with Gasteiger partial charge < -0.3 is 0 Å². The first-order valence-corrected chi connectivity index (χ1v) is 9.45. The summed E-state index contributed by atoms with van der Waals surface area (Å²) in [6.45, 7) is 0. The molecule has 150 valence electrons. The molecule has 0 saturated carbocycles. The van der Waals surface area contributed by atoms with Crippen LogP contribution in [0.3, 0.4) is 0 Å². The van der Waals surface area contributed by atoms with Crippen molar-refractivity contribution in [3.05, 3.63) is 93.3 Å². The van der Waals surface area contributed by atoms with Crippen molar-refractivity contribution in [3.8, 4) is 5.69 Å². The molecule has 0 saturated heterocycles.